The maximum Gasteiger partial charge on any atom is 0.261 e. The van der Waals surface area contributed by atoms with E-state index in [1.54, 1.807) is 17.0 Å². The van der Waals surface area contributed by atoms with Crippen molar-refractivity contribution in [2.24, 2.45) is 0 Å². The molecule has 0 spiro atoms. The van der Waals surface area contributed by atoms with Crippen LogP contribution in [0.5, 0.6) is 0 Å². The number of aromatic amines is 1. The summed E-state index contributed by atoms with van der Waals surface area (Å²) >= 11 is 0. The monoisotopic (exact) mass is 342 g/mol. The summed E-state index contributed by atoms with van der Waals surface area (Å²) in [5.74, 6) is -0.344. The second kappa shape index (κ2) is 7.21. The number of amides is 1. The molecule has 6 heteroatoms. The summed E-state index contributed by atoms with van der Waals surface area (Å²) in [6.45, 7) is 0.457. The highest BCUT2D eigenvalue weighted by Crippen LogP contribution is 2.22. The lowest BCUT2D eigenvalue weighted by atomic mass is 9.96. The molecule has 0 bridgehead atoms. The largest absolute Gasteiger partial charge is 0.393 e. The first-order valence-electron chi connectivity index (χ1n) is 8.44. The lowest BCUT2D eigenvalue weighted by Crippen LogP contribution is -2.38. The van der Waals surface area contributed by atoms with Crippen LogP contribution in [0.2, 0.25) is 0 Å². The number of pyridine rings is 1. The number of benzene rings is 1. The summed E-state index contributed by atoms with van der Waals surface area (Å²) in [5, 5.41) is 19.5. The van der Waals surface area contributed by atoms with Gasteiger partial charge in [-0.15, -0.1) is 0 Å². The van der Waals surface area contributed by atoms with Gasteiger partial charge in [-0.1, -0.05) is 30.3 Å². The summed E-state index contributed by atoms with van der Waals surface area (Å²) in [4.78, 5) is 29.4. The molecule has 2 heterocycles. The lowest BCUT2D eigenvalue weighted by Gasteiger charge is -2.24. The van der Waals surface area contributed by atoms with E-state index >= 15 is 0 Å². The highest BCUT2D eigenvalue weighted by molar-refractivity contribution is 5.94. The molecule has 0 radical (unpaired) electrons. The van der Waals surface area contributed by atoms with Crippen LogP contribution in [0.1, 0.15) is 29.6 Å². The number of rotatable bonds is 3. The molecule has 2 aromatic rings. The Morgan fingerprint density at radius 3 is 2.56 bits per heavy atom. The van der Waals surface area contributed by atoms with Crippen molar-refractivity contribution in [1.82, 2.24) is 9.88 Å². The van der Waals surface area contributed by atoms with Crippen molar-refractivity contribution in [3.8, 4) is 11.3 Å². The number of carbonyl (C=O) groups excluding carboxylic acids is 1. The summed E-state index contributed by atoms with van der Waals surface area (Å²) in [7, 11) is 0. The van der Waals surface area contributed by atoms with Crippen LogP contribution in [0.15, 0.2) is 47.3 Å². The maximum atomic E-state index is 12.7. The van der Waals surface area contributed by atoms with Crippen molar-refractivity contribution in [3.05, 3.63) is 58.4 Å². The minimum Gasteiger partial charge on any atom is -0.393 e. The van der Waals surface area contributed by atoms with E-state index in [9.17, 15) is 19.8 Å². The Morgan fingerprint density at radius 1 is 1.12 bits per heavy atom. The van der Waals surface area contributed by atoms with Gasteiger partial charge in [-0.05, 0) is 37.0 Å². The van der Waals surface area contributed by atoms with E-state index in [0.29, 0.717) is 38.0 Å². The first kappa shape index (κ1) is 17.4. The number of aliphatic hydroxyl groups is 2. The molecule has 6 nitrogen and oxygen atoms in total. The number of hydrogen-bond acceptors (Lipinski definition) is 4. The van der Waals surface area contributed by atoms with Crippen LogP contribution in [0.3, 0.4) is 0 Å². The molecule has 0 unspecified atom stereocenters. The van der Waals surface area contributed by atoms with Crippen molar-refractivity contribution in [2.75, 3.05) is 19.7 Å². The average Bonchev–Trinajstić information content (AvgIpc) is 2.84. The normalized spacial score (nSPS) is 21.0. The molecule has 3 rings (SSSR count). The Morgan fingerprint density at radius 2 is 1.88 bits per heavy atom. The molecule has 25 heavy (non-hydrogen) atoms. The molecule has 1 atom stereocenters. The van der Waals surface area contributed by atoms with Crippen LogP contribution in [0, 0.1) is 0 Å². The number of nitrogens with one attached hydrogen (secondary N) is 1. The molecule has 0 saturated carbocycles. The Balaban J connectivity index is 1.80. The molecule has 1 aliphatic rings. The van der Waals surface area contributed by atoms with E-state index in [4.69, 9.17) is 0 Å². The molecule has 1 aromatic carbocycles. The van der Waals surface area contributed by atoms with Crippen molar-refractivity contribution in [1.29, 1.82) is 0 Å². The van der Waals surface area contributed by atoms with E-state index in [2.05, 4.69) is 4.98 Å². The lowest BCUT2D eigenvalue weighted by molar-refractivity contribution is -0.0250. The highest BCUT2D eigenvalue weighted by Gasteiger charge is 2.31. The molecule has 0 aliphatic carbocycles. The summed E-state index contributed by atoms with van der Waals surface area (Å²) < 4.78 is 0. The third-order valence-corrected chi connectivity index (χ3v) is 4.72. The summed E-state index contributed by atoms with van der Waals surface area (Å²) in [5.41, 5.74) is 0.0645. The van der Waals surface area contributed by atoms with E-state index in [0.717, 1.165) is 5.56 Å². The number of aromatic nitrogens is 1. The molecular formula is C19H22N2O4. The molecular weight excluding hydrogens is 320 g/mol. The zero-order chi connectivity index (χ0) is 17.9. The van der Waals surface area contributed by atoms with Crippen LogP contribution in [-0.4, -0.2) is 51.3 Å². The van der Waals surface area contributed by atoms with Gasteiger partial charge < -0.3 is 20.1 Å². The topological polar surface area (TPSA) is 93.6 Å². The van der Waals surface area contributed by atoms with Crippen molar-refractivity contribution >= 4 is 5.91 Å². The molecule has 132 valence electrons. The number of carbonyl (C=O) groups is 1. The predicted molar refractivity (Wildman–Crippen MR) is 94.3 cm³/mol. The molecule has 1 aliphatic heterocycles. The first-order chi connectivity index (χ1) is 12.0. The third-order valence-electron chi connectivity index (χ3n) is 4.72. The van der Waals surface area contributed by atoms with Gasteiger partial charge in [-0.3, -0.25) is 9.59 Å². The minimum absolute atomic E-state index is 0.0918. The van der Waals surface area contributed by atoms with Crippen LogP contribution < -0.4 is 5.56 Å². The Hall–Kier alpha value is -2.44. The second-order valence-electron chi connectivity index (χ2n) is 6.51. The van der Waals surface area contributed by atoms with Crippen molar-refractivity contribution in [2.45, 2.75) is 24.9 Å². The zero-order valence-corrected chi connectivity index (χ0v) is 13.9. The minimum atomic E-state index is -1.14. The van der Waals surface area contributed by atoms with Crippen molar-refractivity contribution in [3.63, 3.8) is 0 Å². The van der Waals surface area contributed by atoms with Gasteiger partial charge >= 0.3 is 0 Å². The average molecular weight is 342 g/mol. The SMILES string of the molecule is O=C(c1ccc(-c2ccccc2)[nH]c1=O)N1CCC[C@](O)(CO)CC1. The van der Waals surface area contributed by atoms with E-state index in [1.807, 2.05) is 30.3 Å². The van der Waals surface area contributed by atoms with Crippen LogP contribution in [0.25, 0.3) is 11.3 Å². The fourth-order valence-corrected chi connectivity index (χ4v) is 3.14. The molecule has 1 fully saturated rings. The Labute approximate surface area is 145 Å². The fraction of sp³-hybridized carbons (Fsp3) is 0.368. The standard InChI is InChI=1S/C19H22N2O4/c22-13-19(25)9-4-11-21(12-10-19)18(24)15-7-8-16(20-17(15)23)14-5-2-1-3-6-14/h1-3,5-8,22,25H,4,9-13H2,(H,20,23)/t19-/m1/s1. The number of hydrogen-bond donors (Lipinski definition) is 3. The molecule has 3 N–H and O–H groups in total. The third kappa shape index (κ3) is 3.81. The van der Waals surface area contributed by atoms with Gasteiger partial charge in [0.1, 0.15) is 5.56 Å². The molecule has 1 saturated heterocycles. The van der Waals surface area contributed by atoms with Crippen LogP contribution in [0.4, 0.5) is 0 Å². The number of H-pyrrole nitrogens is 1. The predicted octanol–water partition coefficient (Wildman–Crippen LogP) is 1.39. The van der Waals surface area contributed by atoms with Gasteiger partial charge in [-0.25, -0.2) is 0 Å². The van der Waals surface area contributed by atoms with E-state index in [-0.39, 0.29) is 18.1 Å². The van der Waals surface area contributed by atoms with Gasteiger partial charge in [0.05, 0.1) is 12.2 Å². The quantitative estimate of drug-likeness (QED) is 0.786. The van der Waals surface area contributed by atoms with Crippen molar-refractivity contribution < 1.29 is 15.0 Å². The van der Waals surface area contributed by atoms with Crippen LogP contribution in [-0.2, 0) is 0 Å². The summed E-state index contributed by atoms with van der Waals surface area (Å²) in [6, 6.07) is 12.7. The maximum absolute atomic E-state index is 12.7. The number of aliphatic hydroxyl groups excluding tert-OH is 1. The Bertz CT molecular complexity index is 803. The second-order valence-corrected chi connectivity index (χ2v) is 6.51. The molecule has 1 aromatic heterocycles. The first-order valence-corrected chi connectivity index (χ1v) is 8.44. The van der Waals surface area contributed by atoms with Gasteiger partial charge in [0, 0.05) is 18.8 Å². The smallest absolute Gasteiger partial charge is 0.261 e. The highest BCUT2D eigenvalue weighted by atomic mass is 16.3. The fourth-order valence-electron chi connectivity index (χ4n) is 3.14. The van der Waals surface area contributed by atoms with E-state index < -0.39 is 11.2 Å². The number of likely N-dealkylation sites (tertiary alicyclic amines) is 1. The van der Waals surface area contributed by atoms with Gasteiger partial charge in [0.25, 0.3) is 11.5 Å². The van der Waals surface area contributed by atoms with E-state index in [1.165, 1.54) is 0 Å². The van der Waals surface area contributed by atoms with Gasteiger partial charge in [0.15, 0.2) is 0 Å². The van der Waals surface area contributed by atoms with Gasteiger partial charge in [-0.2, -0.15) is 0 Å². The van der Waals surface area contributed by atoms with Crippen LogP contribution >= 0.6 is 0 Å². The summed E-state index contributed by atoms with van der Waals surface area (Å²) in [6.07, 6.45) is 1.33. The zero-order valence-electron chi connectivity index (χ0n) is 13.9. The number of nitrogens with zero attached hydrogens (tertiary/aromatic N) is 1. The van der Waals surface area contributed by atoms with Gasteiger partial charge in [0.2, 0.25) is 0 Å². The molecule has 1 amide bonds. The Kier molecular flexibility index (Phi) is 5.01.